The van der Waals surface area contributed by atoms with E-state index >= 15 is 0 Å². The first-order valence-corrected chi connectivity index (χ1v) is 10.4. The highest BCUT2D eigenvalue weighted by atomic mass is 32.2. The second kappa shape index (κ2) is 9.47. The van der Waals surface area contributed by atoms with Crippen LogP contribution in [0.2, 0.25) is 0 Å². The van der Waals surface area contributed by atoms with Crippen LogP contribution in [0.5, 0.6) is 5.75 Å². The molecule has 1 unspecified atom stereocenters. The van der Waals surface area contributed by atoms with Crippen molar-refractivity contribution in [3.05, 3.63) is 83.4 Å². The summed E-state index contributed by atoms with van der Waals surface area (Å²) in [5, 5.41) is 0.106. The average Bonchev–Trinajstić information content (AvgIpc) is 2.72. The highest BCUT2D eigenvalue weighted by molar-refractivity contribution is 7.99. The fourth-order valence-electron chi connectivity index (χ4n) is 2.99. The molecule has 162 valence electrons. The van der Waals surface area contributed by atoms with Gasteiger partial charge in [-0.05, 0) is 66.4 Å². The summed E-state index contributed by atoms with van der Waals surface area (Å²) in [6, 6.07) is 18.5. The van der Waals surface area contributed by atoms with Crippen LogP contribution in [-0.4, -0.2) is 5.97 Å². The predicted molar refractivity (Wildman–Crippen MR) is 115 cm³/mol. The van der Waals surface area contributed by atoms with Gasteiger partial charge in [-0.25, -0.2) is 4.79 Å². The maximum atomic E-state index is 12.8. The zero-order valence-electron chi connectivity index (χ0n) is 17.2. The van der Waals surface area contributed by atoms with E-state index in [9.17, 15) is 18.0 Å². The molecule has 0 aromatic heterocycles. The molecular weight excluding hydrogens is 425 g/mol. The number of hydrogen-bond acceptors (Lipinski definition) is 4. The SMILES string of the molecule is CC(=O)OOc1ccc(SC(C)c2cccc(-c3ccc(C(F)(F)F)cc3)c2)cc1C. The molecule has 0 saturated carbocycles. The summed E-state index contributed by atoms with van der Waals surface area (Å²) in [4.78, 5) is 21.5. The Balaban J connectivity index is 1.74. The van der Waals surface area contributed by atoms with Gasteiger partial charge in [0.05, 0.1) is 5.56 Å². The van der Waals surface area contributed by atoms with E-state index in [4.69, 9.17) is 4.89 Å². The molecule has 3 aromatic rings. The fraction of sp³-hybridized carbons (Fsp3) is 0.208. The zero-order chi connectivity index (χ0) is 22.6. The summed E-state index contributed by atoms with van der Waals surface area (Å²) in [5.41, 5.74) is 2.82. The topological polar surface area (TPSA) is 35.5 Å². The van der Waals surface area contributed by atoms with E-state index in [1.165, 1.54) is 19.1 Å². The maximum Gasteiger partial charge on any atom is 0.416 e. The lowest BCUT2D eigenvalue weighted by Crippen LogP contribution is -2.04. The molecule has 0 aliphatic heterocycles. The minimum atomic E-state index is -4.34. The van der Waals surface area contributed by atoms with Crippen LogP contribution in [0, 0.1) is 6.92 Å². The van der Waals surface area contributed by atoms with E-state index in [1.807, 2.05) is 43.3 Å². The third-order valence-corrected chi connectivity index (χ3v) is 5.76. The van der Waals surface area contributed by atoms with Crippen LogP contribution in [0.1, 0.15) is 35.8 Å². The van der Waals surface area contributed by atoms with Gasteiger partial charge in [0.25, 0.3) is 0 Å². The molecular formula is C24H21F3O3S. The first-order chi connectivity index (χ1) is 14.6. The molecule has 0 amide bonds. The van der Waals surface area contributed by atoms with E-state index in [0.29, 0.717) is 5.75 Å². The Morgan fingerprint density at radius 3 is 2.29 bits per heavy atom. The first-order valence-electron chi connectivity index (χ1n) is 9.53. The zero-order valence-corrected chi connectivity index (χ0v) is 18.0. The van der Waals surface area contributed by atoms with Crippen LogP contribution < -0.4 is 4.89 Å². The molecule has 0 bridgehead atoms. The Morgan fingerprint density at radius 2 is 1.68 bits per heavy atom. The molecule has 0 aliphatic carbocycles. The molecule has 3 rings (SSSR count). The lowest BCUT2D eigenvalue weighted by molar-refractivity contribution is -0.211. The largest absolute Gasteiger partial charge is 0.416 e. The van der Waals surface area contributed by atoms with E-state index in [0.717, 1.165) is 39.3 Å². The van der Waals surface area contributed by atoms with Gasteiger partial charge in [0, 0.05) is 17.1 Å². The van der Waals surface area contributed by atoms with Gasteiger partial charge in [0.2, 0.25) is 0 Å². The molecule has 3 aromatic carbocycles. The third-order valence-electron chi connectivity index (χ3n) is 4.61. The molecule has 31 heavy (non-hydrogen) atoms. The quantitative estimate of drug-likeness (QED) is 0.225. The smallest absolute Gasteiger partial charge is 0.287 e. The van der Waals surface area contributed by atoms with Gasteiger partial charge in [0.15, 0.2) is 5.75 Å². The molecule has 0 fully saturated rings. The van der Waals surface area contributed by atoms with E-state index < -0.39 is 17.7 Å². The second-order valence-corrected chi connectivity index (χ2v) is 8.46. The van der Waals surface area contributed by atoms with Crippen molar-refractivity contribution in [1.29, 1.82) is 0 Å². The van der Waals surface area contributed by atoms with Gasteiger partial charge >= 0.3 is 12.1 Å². The van der Waals surface area contributed by atoms with Crippen molar-refractivity contribution in [3.63, 3.8) is 0 Å². The van der Waals surface area contributed by atoms with Gasteiger partial charge in [-0.3, -0.25) is 9.78 Å². The fourth-order valence-corrected chi connectivity index (χ4v) is 4.07. The van der Waals surface area contributed by atoms with Crippen molar-refractivity contribution in [3.8, 4) is 16.9 Å². The summed E-state index contributed by atoms with van der Waals surface area (Å²) in [5.74, 6) is -0.0593. The van der Waals surface area contributed by atoms with Crippen molar-refractivity contribution in [2.45, 2.75) is 37.1 Å². The molecule has 7 heteroatoms. The van der Waals surface area contributed by atoms with Crippen LogP contribution in [-0.2, 0) is 15.9 Å². The van der Waals surface area contributed by atoms with Crippen molar-refractivity contribution in [2.75, 3.05) is 0 Å². The summed E-state index contributed by atoms with van der Waals surface area (Å²) >= 11 is 1.64. The van der Waals surface area contributed by atoms with Crippen LogP contribution in [0.25, 0.3) is 11.1 Å². The number of carbonyl (C=O) groups is 1. The van der Waals surface area contributed by atoms with Crippen molar-refractivity contribution in [1.82, 2.24) is 0 Å². The number of halogens is 3. The van der Waals surface area contributed by atoms with E-state index in [1.54, 1.807) is 17.8 Å². The molecule has 0 radical (unpaired) electrons. The summed E-state index contributed by atoms with van der Waals surface area (Å²) in [7, 11) is 0. The molecule has 0 spiro atoms. The van der Waals surface area contributed by atoms with Crippen LogP contribution in [0.4, 0.5) is 13.2 Å². The minimum Gasteiger partial charge on any atom is -0.287 e. The molecule has 1 atom stereocenters. The Labute approximate surface area is 183 Å². The number of aryl methyl sites for hydroxylation is 1. The van der Waals surface area contributed by atoms with Gasteiger partial charge < -0.3 is 0 Å². The minimum absolute atomic E-state index is 0.106. The second-order valence-electron chi connectivity index (χ2n) is 7.05. The van der Waals surface area contributed by atoms with Crippen molar-refractivity contribution < 1.29 is 27.7 Å². The summed E-state index contributed by atoms with van der Waals surface area (Å²) in [6.45, 7) is 5.19. The van der Waals surface area contributed by atoms with Gasteiger partial charge in [-0.2, -0.15) is 13.2 Å². The first kappa shape index (κ1) is 22.7. The predicted octanol–water partition coefficient (Wildman–Crippen LogP) is 7.39. The number of alkyl halides is 3. The van der Waals surface area contributed by atoms with E-state index in [-0.39, 0.29) is 5.25 Å². The molecule has 0 aliphatic rings. The Hall–Kier alpha value is -2.93. The Kier molecular flexibility index (Phi) is 6.95. The van der Waals surface area contributed by atoms with Crippen LogP contribution >= 0.6 is 11.8 Å². The number of hydrogen-bond donors (Lipinski definition) is 0. The molecule has 0 saturated heterocycles. The number of rotatable bonds is 6. The molecule has 0 N–H and O–H groups in total. The summed E-state index contributed by atoms with van der Waals surface area (Å²) < 4.78 is 38.4. The lowest BCUT2D eigenvalue weighted by atomic mass is 10.0. The highest BCUT2D eigenvalue weighted by Gasteiger charge is 2.30. The molecule has 0 heterocycles. The Bertz CT molecular complexity index is 1060. The van der Waals surface area contributed by atoms with Gasteiger partial charge in [-0.1, -0.05) is 36.4 Å². The number of carbonyl (C=O) groups excluding carboxylic acids is 1. The average molecular weight is 446 g/mol. The standard InChI is InChI=1S/C24H21F3O3S/c1-15-13-22(11-12-23(15)30-29-17(3)28)31-16(2)19-5-4-6-20(14-19)18-7-9-21(10-8-18)24(25,26)27/h4-14,16H,1-3H3. The normalized spacial score (nSPS) is 12.3. The van der Waals surface area contributed by atoms with Gasteiger partial charge in [-0.15, -0.1) is 11.8 Å². The third kappa shape index (κ3) is 6.04. The van der Waals surface area contributed by atoms with Crippen molar-refractivity contribution in [2.24, 2.45) is 0 Å². The lowest BCUT2D eigenvalue weighted by Gasteiger charge is -2.15. The highest BCUT2D eigenvalue weighted by Crippen LogP contribution is 2.38. The maximum absolute atomic E-state index is 12.8. The Morgan fingerprint density at radius 1 is 0.968 bits per heavy atom. The van der Waals surface area contributed by atoms with Crippen molar-refractivity contribution >= 4 is 17.7 Å². The van der Waals surface area contributed by atoms with Crippen LogP contribution in [0.15, 0.2) is 71.6 Å². The van der Waals surface area contributed by atoms with E-state index in [2.05, 4.69) is 11.8 Å². The molecule has 3 nitrogen and oxygen atoms in total. The van der Waals surface area contributed by atoms with Gasteiger partial charge in [0.1, 0.15) is 0 Å². The number of benzene rings is 3. The summed E-state index contributed by atoms with van der Waals surface area (Å²) in [6.07, 6.45) is -4.34. The number of thioether (sulfide) groups is 1. The van der Waals surface area contributed by atoms with Crippen LogP contribution in [0.3, 0.4) is 0 Å². The monoisotopic (exact) mass is 446 g/mol.